The van der Waals surface area contributed by atoms with Crippen molar-refractivity contribution in [3.8, 4) is 0 Å². The van der Waals surface area contributed by atoms with Crippen LogP contribution in [0.5, 0.6) is 0 Å². The fourth-order valence-corrected chi connectivity index (χ4v) is 2.06. The summed E-state index contributed by atoms with van der Waals surface area (Å²) >= 11 is 0. The molecule has 1 aliphatic rings. The Morgan fingerprint density at radius 2 is 1.75 bits per heavy atom. The monoisotopic (exact) mass is 228 g/mol. The van der Waals surface area contributed by atoms with Crippen molar-refractivity contribution < 1.29 is 9.90 Å². The van der Waals surface area contributed by atoms with Crippen molar-refractivity contribution in [2.75, 3.05) is 32.7 Å². The quantitative estimate of drug-likeness (QED) is 0.751. The molecule has 0 aromatic rings. The Morgan fingerprint density at radius 3 is 2.12 bits per heavy atom. The van der Waals surface area contributed by atoms with E-state index in [4.69, 9.17) is 0 Å². The Bertz CT molecular complexity index is 238. The topological polar surface area (TPSA) is 43.8 Å². The second-order valence-electron chi connectivity index (χ2n) is 5.84. The van der Waals surface area contributed by atoms with Crippen molar-refractivity contribution >= 4 is 5.91 Å². The Labute approximate surface area is 98.2 Å². The number of carbonyl (C=O) groups is 1. The fraction of sp³-hybridized carbons (Fsp3) is 0.917. The van der Waals surface area contributed by atoms with Gasteiger partial charge in [-0.3, -0.25) is 9.69 Å². The Hall–Kier alpha value is -0.610. The van der Waals surface area contributed by atoms with E-state index in [1.807, 2.05) is 0 Å². The summed E-state index contributed by atoms with van der Waals surface area (Å²) in [6, 6.07) is 0. The molecule has 1 atom stereocenters. The first-order valence-electron chi connectivity index (χ1n) is 5.99. The highest BCUT2D eigenvalue weighted by molar-refractivity contribution is 5.80. The molecule has 1 rings (SSSR count). The molecule has 0 unspecified atom stereocenters. The largest absolute Gasteiger partial charge is 0.384 e. The summed E-state index contributed by atoms with van der Waals surface area (Å²) < 4.78 is 0. The molecule has 1 N–H and O–H groups in total. The lowest BCUT2D eigenvalue weighted by Crippen LogP contribution is -2.52. The van der Waals surface area contributed by atoms with E-state index in [0.29, 0.717) is 5.41 Å². The smallest absolute Gasteiger partial charge is 0.251 e. The van der Waals surface area contributed by atoms with Crippen LogP contribution in [0, 0.1) is 5.41 Å². The molecule has 16 heavy (non-hydrogen) atoms. The molecule has 0 radical (unpaired) electrons. The zero-order valence-electron chi connectivity index (χ0n) is 10.9. The summed E-state index contributed by atoms with van der Waals surface area (Å²) in [6.07, 6.45) is -0.867. The summed E-state index contributed by atoms with van der Waals surface area (Å²) in [4.78, 5) is 15.7. The number of aliphatic hydroxyl groups excluding tert-OH is 1. The third kappa shape index (κ3) is 4.10. The molecule has 1 heterocycles. The minimum Gasteiger partial charge on any atom is -0.384 e. The predicted octanol–water partition coefficient (Wildman–Crippen LogP) is 0.557. The third-order valence-corrected chi connectivity index (χ3v) is 2.74. The maximum atomic E-state index is 11.5. The predicted molar refractivity (Wildman–Crippen MR) is 64.2 cm³/mol. The van der Waals surface area contributed by atoms with Crippen LogP contribution in [0.15, 0.2) is 0 Å². The maximum absolute atomic E-state index is 11.5. The lowest BCUT2D eigenvalue weighted by molar-refractivity contribution is -0.141. The Morgan fingerprint density at radius 1 is 1.25 bits per heavy atom. The normalized spacial score (nSPS) is 20.9. The summed E-state index contributed by atoms with van der Waals surface area (Å²) in [7, 11) is 0. The molecule has 0 bridgehead atoms. The molecule has 0 aliphatic carbocycles. The van der Waals surface area contributed by atoms with Crippen molar-refractivity contribution in [2.24, 2.45) is 5.41 Å². The van der Waals surface area contributed by atoms with E-state index in [0.717, 1.165) is 32.7 Å². The Kier molecular flexibility index (Phi) is 4.33. The molecule has 1 amide bonds. The highest BCUT2D eigenvalue weighted by Crippen LogP contribution is 2.16. The molecule has 1 fully saturated rings. The van der Waals surface area contributed by atoms with Crippen LogP contribution in [0.2, 0.25) is 0 Å². The van der Waals surface area contributed by atoms with Crippen LogP contribution in [0.3, 0.4) is 0 Å². The van der Waals surface area contributed by atoms with Crippen LogP contribution in [-0.2, 0) is 4.79 Å². The van der Waals surface area contributed by atoms with Gasteiger partial charge in [-0.25, -0.2) is 0 Å². The van der Waals surface area contributed by atoms with Gasteiger partial charge in [-0.1, -0.05) is 20.8 Å². The zero-order valence-corrected chi connectivity index (χ0v) is 10.9. The van der Waals surface area contributed by atoms with E-state index in [9.17, 15) is 9.90 Å². The summed E-state index contributed by atoms with van der Waals surface area (Å²) in [5, 5.41) is 9.22. The van der Waals surface area contributed by atoms with Gasteiger partial charge < -0.3 is 10.0 Å². The SMILES string of the molecule is C[C@@H](O)C(=O)N1CCN(CC(C)(C)C)CC1. The van der Waals surface area contributed by atoms with Gasteiger partial charge in [0.15, 0.2) is 0 Å². The molecule has 1 saturated heterocycles. The minimum atomic E-state index is -0.867. The lowest BCUT2D eigenvalue weighted by Gasteiger charge is -2.38. The van der Waals surface area contributed by atoms with E-state index in [-0.39, 0.29) is 5.91 Å². The van der Waals surface area contributed by atoms with Crippen molar-refractivity contribution in [3.05, 3.63) is 0 Å². The molecule has 0 saturated carbocycles. The van der Waals surface area contributed by atoms with Gasteiger partial charge in [0.1, 0.15) is 6.10 Å². The molecule has 94 valence electrons. The minimum absolute atomic E-state index is 0.143. The summed E-state index contributed by atoms with van der Waals surface area (Å²) in [5.41, 5.74) is 0.302. The van der Waals surface area contributed by atoms with Crippen molar-refractivity contribution in [3.63, 3.8) is 0 Å². The third-order valence-electron chi connectivity index (χ3n) is 2.74. The second kappa shape index (κ2) is 5.15. The van der Waals surface area contributed by atoms with Gasteiger partial charge >= 0.3 is 0 Å². The molecular weight excluding hydrogens is 204 g/mol. The highest BCUT2D eigenvalue weighted by Gasteiger charge is 2.25. The molecule has 0 aromatic carbocycles. The number of piperazine rings is 1. The van der Waals surface area contributed by atoms with Crippen LogP contribution in [0.25, 0.3) is 0 Å². The van der Waals surface area contributed by atoms with Crippen molar-refractivity contribution in [1.29, 1.82) is 0 Å². The summed E-state index contributed by atoms with van der Waals surface area (Å²) in [6.45, 7) is 12.6. The van der Waals surface area contributed by atoms with Gasteiger partial charge in [0.2, 0.25) is 0 Å². The number of rotatable bonds is 2. The number of carbonyl (C=O) groups excluding carboxylic acids is 1. The van der Waals surface area contributed by atoms with Crippen LogP contribution < -0.4 is 0 Å². The first kappa shape index (κ1) is 13.5. The lowest BCUT2D eigenvalue weighted by atomic mass is 9.96. The van der Waals surface area contributed by atoms with E-state index in [1.54, 1.807) is 4.90 Å². The Balaban J connectivity index is 2.37. The van der Waals surface area contributed by atoms with Crippen LogP contribution in [0.4, 0.5) is 0 Å². The number of amides is 1. The number of aliphatic hydroxyl groups is 1. The van der Waals surface area contributed by atoms with Gasteiger partial charge in [0, 0.05) is 32.7 Å². The van der Waals surface area contributed by atoms with Gasteiger partial charge in [-0.05, 0) is 12.3 Å². The molecule has 0 aromatic heterocycles. The highest BCUT2D eigenvalue weighted by atomic mass is 16.3. The molecule has 4 nitrogen and oxygen atoms in total. The number of hydrogen-bond acceptors (Lipinski definition) is 3. The standard InChI is InChI=1S/C12H24N2O2/c1-10(15)11(16)14-7-5-13(6-8-14)9-12(2,3)4/h10,15H,5-9H2,1-4H3/t10-/m1/s1. The van der Waals surface area contributed by atoms with Crippen molar-refractivity contribution in [2.45, 2.75) is 33.8 Å². The van der Waals surface area contributed by atoms with Crippen LogP contribution in [-0.4, -0.2) is 59.6 Å². The van der Waals surface area contributed by atoms with E-state index < -0.39 is 6.10 Å². The van der Waals surface area contributed by atoms with Crippen LogP contribution in [0.1, 0.15) is 27.7 Å². The number of nitrogens with zero attached hydrogens (tertiary/aromatic N) is 2. The van der Waals surface area contributed by atoms with Gasteiger partial charge in [-0.2, -0.15) is 0 Å². The fourth-order valence-electron chi connectivity index (χ4n) is 2.06. The zero-order chi connectivity index (χ0) is 12.3. The van der Waals surface area contributed by atoms with E-state index >= 15 is 0 Å². The first-order chi connectivity index (χ1) is 7.29. The average molecular weight is 228 g/mol. The molecular formula is C12H24N2O2. The second-order valence-corrected chi connectivity index (χ2v) is 5.84. The first-order valence-corrected chi connectivity index (χ1v) is 5.99. The molecule has 1 aliphatic heterocycles. The average Bonchev–Trinajstić information content (AvgIpc) is 2.15. The molecule has 0 spiro atoms. The number of hydrogen-bond donors (Lipinski definition) is 1. The summed E-state index contributed by atoms with van der Waals surface area (Å²) in [5.74, 6) is -0.143. The van der Waals surface area contributed by atoms with Gasteiger partial charge in [-0.15, -0.1) is 0 Å². The maximum Gasteiger partial charge on any atom is 0.251 e. The van der Waals surface area contributed by atoms with Crippen LogP contribution >= 0.6 is 0 Å². The van der Waals surface area contributed by atoms with Gasteiger partial charge in [0.25, 0.3) is 5.91 Å². The van der Waals surface area contributed by atoms with E-state index in [2.05, 4.69) is 25.7 Å². The van der Waals surface area contributed by atoms with Gasteiger partial charge in [0.05, 0.1) is 0 Å². The van der Waals surface area contributed by atoms with E-state index in [1.165, 1.54) is 6.92 Å². The molecule has 4 heteroatoms. The van der Waals surface area contributed by atoms with Crippen molar-refractivity contribution in [1.82, 2.24) is 9.80 Å².